The number of sulfone groups is 1. The number of rotatable bonds is 8. The molecule has 2 atom stereocenters. The summed E-state index contributed by atoms with van der Waals surface area (Å²) in [5.74, 6) is -0.999. The molecule has 0 radical (unpaired) electrons. The van der Waals surface area contributed by atoms with Gasteiger partial charge in [-0.2, -0.15) is 0 Å². The average Bonchev–Trinajstić information content (AvgIpc) is 3.51. The van der Waals surface area contributed by atoms with Gasteiger partial charge >= 0.3 is 0 Å². The zero-order valence-corrected chi connectivity index (χ0v) is 17.5. The number of carbonyl (C=O) groups is 1. The number of allylic oxidation sites excluding steroid dienone is 2. The maximum atomic E-state index is 14.7. The van der Waals surface area contributed by atoms with Crippen LogP contribution in [0.4, 0.5) is 4.39 Å². The molecular weight excluding hydrogens is 415 g/mol. The molecule has 3 N–H and O–H groups in total. The van der Waals surface area contributed by atoms with Crippen molar-refractivity contribution in [3.05, 3.63) is 47.9 Å². The smallest absolute Gasteiger partial charge is 0.264 e. The third-order valence-electron chi connectivity index (χ3n) is 5.43. The molecule has 3 rings (SSSR count). The van der Waals surface area contributed by atoms with Crippen LogP contribution in [0.3, 0.4) is 0 Å². The van der Waals surface area contributed by atoms with E-state index in [1.54, 1.807) is 24.3 Å². The molecule has 1 heterocycles. The lowest BCUT2D eigenvalue weighted by Gasteiger charge is -2.32. The summed E-state index contributed by atoms with van der Waals surface area (Å²) in [6.07, 6.45) is 4.10. The molecule has 1 aromatic carbocycles. The van der Waals surface area contributed by atoms with Gasteiger partial charge in [-0.15, -0.1) is 0 Å². The number of ether oxygens (including phenoxy) is 1. The molecule has 1 amide bonds. The number of hydrogen-bond acceptors (Lipinski definition) is 7. The molecule has 8 nitrogen and oxygen atoms in total. The van der Waals surface area contributed by atoms with Crippen LogP contribution in [0, 0.1) is 0 Å². The van der Waals surface area contributed by atoms with Crippen LogP contribution in [0.5, 0.6) is 5.75 Å². The van der Waals surface area contributed by atoms with E-state index in [1.165, 1.54) is 16.5 Å². The van der Waals surface area contributed by atoms with Gasteiger partial charge in [0.05, 0.1) is 6.10 Å². The van der Waals surface area contributed by atoms with Gasteiger partial charge < -0.3 is 14.7 Å². The Bertz CT molecular complexity index is 972. The number of aliphatic hydroxyl groups excluding tert-OH is 1. The van der Waals surface area contributed by atoms with Gasteiger partial charge in [-0.05, 0) is 50.0 Å². The molecule has 164 valence electrons. The topological polar surface area (TPSA) is 116 Å². The molecule has 1 unspecified atom stereocenters. The Labute approximate surface area is 174 Å². The predicted octanol–water partition coefficient (Wildman–Crippen LogP) is 1.75. The normalized spacial score (nSPS) is 21.4. The summed E-state index contributed by atoms with van der Waals surface area (Å²) in [6.45, 7) is 1.03. The first-order valence-electron chi connectivity index (χ1n) is 9.50. The van der Waals surface area contributed by atoms with Gasteiger partial charge in [0.15, 0.2) is 14.6 Å². The zero-order chi connectivity index (χ0) is 22.1. The van der Waals surface area contributed by atoms with E-state index < -0.39 is 32.5 Å². The number of benzene rings is 1. The molecule has 1 saturated carbocycles. The molecule has 0 aromatic heterocycles. The molecule has 0 saturated heterocycles. The number of nitrogens with one attached hydrogen (secondary N) is 1. The van der Waals surface area contributed by atoms with Gasteiger partial charge in [0.1, 0.15) is 17.8 Å². The molecule has 2 aliphatic rings. The number of aliphatic hydroxyl groups is 1. The van der Waals surface area contributed by atoms with Crippen molar-refractivity contribution >= 4 is 21.3 Å². The second-order valence-corrected chi connectivity index (χ2v) is 10.2. The van der Waals surface area contributed by atoms with E-state index >= 15 is 0 Å². The zero-order valence-electron chi connectivity index (χ0n) is 16.7. The minimum Gasteiger partial charge on any atom is -0.490 e. The van der Waals surface area contributed by atoms with E-state index in [4.69, 9.17) is 9.94 Å². The molecule has 30 heavy (non-hydrogen) atoms. The van der Waals surface area contributed by atoms with Crippen LogP contribution in [-0.2, 0) is 14.6 Å². The number of hydrogen-bond donors (Lipinski definition) is 3. The fourth-order valence-corrected chi connectivity index (χ4v) is 3.91. The largest absolute Gasteiger partial charge is 0.490 e. The Hall–Kier alpha value is -2.43. The first kappa shape index (κ1) is 22.3. The number of halogens is 1. The maximum absolute atomic E-state index is 14.7. The molecule has 1 aliphatic heterocycles. The summed E-state index contributed by atoms with van der Waals surface area (Å²) < 4.78 is 42.5. The fraction of sp³-hybridized carbons (Fsp3) is 0.450. The van der Waals surface area contributed by atoms with Crippen LogP contribution in [0.25, 0.3) is 5.57 Å². The minimum atomic E-state index is -3.89. The average molecular weight is 440 g/mol. The standard InChI is InChI=1S/C20H25FN2O6S/c1-20(19(25)22-26,30(2,27)28)9-10-23-12-17(21)16(11-18(23)24)13-3-5-14(6-4-13)29-15-7-8-15/h3-6,11-12,15,18,24,26H,7-10H2,1-2H3,(H,22,25)/t18?,20-/m1/s1. The van der Waals surface area contributed by atoms with Gasteiger partial charge in [-0.25, -0.2) is 18.3 Å². The lowest BCUT2D eigenvalue weighted by molar-refractivity contribution is -0.131. The fourth-order valence-electron chi connectivity index (χ4n) is 3.07. The van der Waals surface area contributed by atoms with Crippen LogP contribution in [0.1, 0.15) is 31.7 Å². The highest BCUT2D eigenvalue weighted by Gasteiger charge is 2.43. The summed E-state index contributed by atoms with van der Waals surface area (Å²) in [4.78, 5) is 13.1. The Morgan fingerprint density at radius 1 is 1.33 bits per heavy atom. The lowest BCUT2D eigenvalue weighted by Crippen LogP contribution is -2.51. The van der Waals surface area contributed by atoms with Crippen molar-refractivity contribution in [3.8, 4) is 5.75 Å². The van der Waals surface area contributed by atoms with Gasteiger partial charge in [0.25, 0.3) is 5.91 Å². The third-order valence-corrected chi connectivity index (χ3v) is 7.46. The van der Waals surface area contributed by atoms with Crippen LogP contribution in [-0.4, -0.2) is 59.4 Å². The number of carbonyl (C=O) groups excluding carboxylic acids is 1. The van der Waals surface area contributed by atoms with Crippen molar-refractivity contribution in [2.24, 2.45) is 0 Å². The summed E-state index contributed by atoms with van der Waals surface area (Å²) >= 11 is 0. The molecule has 0 spiro atoms. The van der Waals surface area contributed by atoms with Crippen LogP contribution in [0.15, 0.2) is 42.4 Å². The number of amides is 1. The highest BCUT2D eigenvalue weighted by Crippen LogP contribution is 2.33. The highest BCUT2D eigenvalue weighted by molar-refractivity contribution is 7.92. The van der Waals surface area contributed by atoms with Crippen molar-refractivity contribution in [1.29, 1.82) is 0 Å². The second-order valence-electron chi connectivity index (χ2n) is 7.74. The van der Waals surface area contributed by atoms with Crippen LogP contribution < -0.4 is 10.2 Å². The van der Waals surface area contributed by atoms with E-state index in [0.29, 0.717) is 11.3 Å². The van der Waals surface area contributed by atoms with Crippen molar-refractivity contribution < 1.29 is 32.7 Å². The van der Waals surface area contributed by atoms with E-state index in [1.807, 2.05) is 0 Å². The van der Waals surface area contributed by atoms with Crippen molar-refractivity contribution in [3.63, 3.8) is 0 Å². The van der Waals surface area contributed by atoms with Crippen molar-refractivity contribution in [1.82, 2.24) is 10.4 Å². The maximum Gasteiger partial charge on any atom is 0.264 e. The second kappa shape index (κ2) is 8.37. The van der Waals surface area contributed by atoms with E-state index in [2.05, 4.69) is 0 Å². The summed E-state index contributed by atoms with van der Waals surface area (Å²) in [6, 6.07) is 6.88. The molecular formula is C20H25FN2O6S. The van der Waals surface area contributed by atoms with Crippen molar-refractivity contribution in [2.45, 2.75) is 43.3 Å². The number of hydroxylamine groups is 1. The molecule has 10 heteroatoms. The predicted molar refractivity (Wildman–Crippen MR) is 108 cm³/mol. The highest BCUT2D eigenvalue weighted by atomic mass is 32.2. The SMILES string of the molecule is C[C@@](CCN1C=C(F)C(c2ccc(OC3CC3)cc2)=CC1O)(C(=O)NO)S(C)(=O)=O. The summed E-state index contributed by atoms with van der Waals surface area (Å²) in [7, 11) is -3.89. The van der Waals surface area contributed by atoms with Gasteiger partial charge in [-0.3, -0.25) is 10.0 Å². The lowest BCUT2D eigenvalue weighted by atomic mass is 10.0. The quantitative estimate of drug-likeness (QED) is 0.417. The number of nitrogens with zero attached hydrogens (tertiary/aromatic N) is 1. The van der Waals surface area contributed by atoms with Crippen molar-refractivity contribution in [2.75, 3.05) is 12.8 Å². The van der Waals surface area contributed by atoms with Gasteiger partial charge in [0, 0.05) is 24.6 Å². The first-order chi connectivity index (χ1) is 14.0. The Balaban J connectivity index is 1.71. The Morgan fingerprint density at radius 3 is 2.50 bits per heavy atom. The van der Waals surface area contributed by atoms with E-state index in [-0.39, 0.29) is 24.6 Å². The Morgan fingerprint density at radius 2 is 1.97 bits per heavy atom. The molecule has 1 fully saturated rings. The molecule has 1 aliphatic carbocycles. The Kier molecular flexibility index (Phi) is 6.21. The first-order valence-corrected chi connectivity index (χ1v) is 11.4. The van der Waals surface area contributed by atoms with Gasteiger partial charge in [-0.1, -0.05) is 12.1 Å². The monoisotopic (exact) mass is 440 g/mol. The van der Waals surface area contributed by atoms with Gasteiger partial charge in [0.2, 0.25) is 0 Å². The molecule has 1 aromatic rings. The van der Waals surface area contributed by atoms with Crippen LogP contribution >= 0.6 is 0 Å². The molecule has 0 bridgehead atoms. The summed E-state index contributed by atoms with van der Waals surface area (Å²) in [5.41, 5.74) is 2.12. The van der Waals surface area contributed by atoms with Crippen LogP contribution in [0.2, 0.25) is 0 Å². The van der Waals surface area contributed by atoms with E-state index in [9.17, 15) is 22.7 Å². The van der Waals surface area contributed by atoms with E-state index in [0.717, 1.165) is 32.2 Å². The summed E-state index contributed by atoms with van der Waals surface area (Å²) in [5, 5.41) is 19.3. The minimum absolute atomic E-state index is 0.135. The third kappa shape index (κ3) is 4.66.